The fraction of sp³-hybridized carbons (Fsp3) is 0.0385. The summed E-state index contributed by atoms with van der Waals surface area (Å²) in [6.07, 6.45) is 0. The summed E-state index contributed by atoms with van der Waals surface area (Å²) < 4.78 is 5.73. The number of hydrogen-bond donors (Lipinski definition) is 4. The Balaban J connectivity index is 1.51. The molecule has 4 rings (SSSR count). The van der Waals surface area contributed by atoms with Crippen molar-refractivity contribution < 1.29 is 29.3 Å². The summed E-state index contributed by atoms with van der Waals surface area (Å²) in [6.45, 7) is 0.242. The summed E-state index contributed by atoms with van der Waals surface area (Å²) in [5.74, 6) is -3.52. The molecule has 0 saturated carbocycles. The number of nitrogens with one attached hydrogen (secondary N) is 2. The summed E-state index contributed by atoms with van der Waals surface area (Å²) in [5.41, 5.74) is 0.955. The summed E-state index contributed by atoms with van der Waals surface area (Å²) in [6, 6.07) is 20.2. The van der Waals surface area contributed by atoms with Crippen LogP contribution < -0.4 is 15.4 Å². The Morgan fingerprint density at radius 3 is 2.31 bits per heavy atom. The van der Waals surface area contributed by atoms with Gasteiger partial charge in [0.1, 0.15) is 11.5 Å². The number of ether oxygens (including phenoxy) is 1. The molecule has 0 aromatic heterocycles. The Bertz CT molecular complexity index is 1480. The van der Waals surface area contributed by atoms with Crippen LogP contribution in [0.5, 0.6) is 17.2 Å². The van der Waals surface area contributed by atoms with Crippen LogP contribution in [0, 0.1) is 0 Å². The van der Waals surface area contributed by atoms with E-state index in [0.29, 0.717) is 0 Å². The molecule has 0 heterocycles. The summed E-state index contributed by atoms with van der Waals surface area (Å²) in [4.78, 5) is 34.9. The Morgan fingerprint density at radius 2 is 1.58 bits per heavy atom. The second-order valence-corrected chi connectivity index (χ2v) is 8.44. The molecule has 2 amide bonds. The molecule has 182 valence electrons. The fourth-order valence-electron chi connectivity index (χ4n) is 3.51. The number of hydrogen-bond acceptors (Lipinski definition) is 5. The molecule has 0 aliphatic carbocycles. The first kappa shape index (κ1) is 24.8. The number of rotatable bonds is 6. The number of phenols is 1. The molecule has 0 atom stereocenters. The molecule has 8 nitrogen and oxygen atoms in total. The predicted octanol–water partition coefficient (Wildman–Crippen LogP) is 5.60. The van der Waals surface area contributed by atoms with E-state index in [0.717, 1.165) is 16.3 Å². The van der Waals surface area contributed by atoms with Crippen molar-refractivity contribution in [2.45, 2.75) is 6.54 Å². The number of anilines is 1. The third kappa shape index (κ3) is 5.51. The Labute approximate surface area is 215 Å². The third-order valence-corrected chi connectivity index (χ3v) is 5.76. The average molecular weight is 525 g/mol. The lowest BCUT2D eigenvalue weighted by atomic mass is 10.0. The SMILES string of the molecule is O=C(O)C(=O)Nc1cc(Cl)c(Oc2ccc(O)c(C(=O)NCc3cccc4ccccc34)c2)c(Cl)c1. The van der Waals surface area contributed by atoms with E-state index in [-0.39, 0.29) is 45.1 Å². The van der Waals surface area contributed by atoms with Crippen LogP contribution >= 0.6 is 23.2 Å². The van der Waals surface area contributed by atoms with Gasteiger partial charge < -0.3 is 25.6 Å². The number of aliphatic carboxylic acids is 1. The van der Waals surface area contributed by atoms with Gasteiger partial charge in [0.2, 0.25) is 0 Å². The molecule has 0 saturated heterocycles. The molecule has 0 fully saturated rings. The highest BCUT2D eigenvalue weighted by molar-refractivity contribution is 6.39. The van der Waals surface area contributed by atoms with Gasteiger partial charge in [-0.15, -0.1) is 0 Å². The summed E-state index contributed by atoms with van der Waals surface area (Å²) in [7, 11) is 0. The molecule has 4 N–H and O–H groups in total. The zero-order valence-electron chi connectivity index (χ0n) is 18.4. The molecule has 0 radical (unpaired) electrons. The van der Waals surface area contributed by atoms with E-state index in [1.165, 1.54) is 30.3 Å². The van der Waals surface area contributed by atoms with Crippen LogP contribution in [-0.4, -0.2) is 28.0 Å². The van der Waals surface area contributed by atoms with Gasteiger partial charge in [0.25, 0.3) is 5.91 Å². The highest BCUT2D eigenvalue weighted by Gasteiger charge is 2.18. The van der Waals surface area contributed by atoms with E-state index in [1.54, 1.807) is 0 Å². The minimum atomic E-state index is -1.67. The molecule has 0 unspecified atom stereocenters. The number of carbonyl (C=O) groups excluding carboxylic acids is 2. The predicted molar refractivity (Wildman–Crippen MR) is 136 cm³/mol. The molecule has 0 aliphatic rings. The van der Waals surface area contributed by atoms with Crippen molar-refractivity contribution in [2.75, 3.05) is 5.32 Å². The standard InChI is InChI=1S/C26H18Cl2N2O6/c27-20-10-16(30-25(33)26(34)35)11-21(28)23(20)36-17-8-9-22(31)19(12-17)24(32)29-13-15-6-3-5-14-4-1-2-7-18(14)15/h1-12,31H,13H2,(H,29,32)(H,30,33)(H,34,35). The van der Waals surface area contributed by atoms with Gasteiger partial charge in [-0.1, -0.05) is 65.7 Å². The number of carboxylic acids is 1. The zero-order valence-corrected chi connectivity index (χ0v) is 19.9. The van der Waals surface area contributed by atoms with Crippen LogP contribution in [0.15, 0.2) is 72.8 Å². The van der Waals surface area contributed by atoms with Gasteiger partial charge in [-0.3, -0.25) is 9.59 Å². The van der Waals surface area contributed by atoms with Gasteiger partial charge in [0.05, 0.1) is 15.6 Å². The number of carbonyl (C=O) groups is 3. The minimum Gasteiger partial charge on any atom is -0.507 e. The number of amides is 2. The van der Waals surface area contributed by atoms with Crippen molar-refractivity contribution in [3.63, 3.8) is 0 Å². The van der Waals surface area contributed by atoms with Crippen molar-refractivity contribution >= 4 is 57.4 Å². The molecule has 4 aromatic carbocycles. The van der Waals surface area contributed by atoms with E-state index < -0.39 is 17.8 Å². The largest absolute Gasteiger partial charge is 0.507 e. The van der Waals surface area contributed by atoms with E-state index in [4.69, 9.17) is 33.0 Å². The topological polar surface area (TPSA) is 125 Å². The second kappa shape index (κ2) is 10.6. The lowest BCUT2D eigenvalue weighted by Gasteiger charge is -2.14. The Kier molecular flexibility index (Phi) is 7.28. The highest BCUT2D eigenvalue weighted by atomic mass is 35.5. The van der Waals surface area contributed by atoms with Gasteiger partial charge >= 0.3 is 11.9 Å². The minimum absolute atomic E-state index is 0.0134. The summed E-state index contributed by atoms with van der Waals surface area (Å²) >= 11 is 12.4. The quantitative estimate of drug-likeness (QED) is 0.243. The maximum atomic E-state index is 12.8. The van der Waals surface area contributed by atoms with Crippen molar-refractivity contribution in [3.05, 3.63) is 94.0 Å². The van der Waals surface area contributed by atoms with Gasteiger partial charge in [-0.25, -0.2) is 4.79 Å². The van der Waals surface area contributed by atoms with E-state index in [9.17, 15) is 19.5 Å². The van der Waals surface area contributed by atoms with Gasteiger partial charge in [0, 0.05) is 12.2 Å². The van der Waals surface area contributed by atoms with E-state index in [1.807, 2.05) is 42.5 Å². The first-order valence-corrected chi connectivity index (χ1v) is 11.3. The van der Waals surface area contributed by atoms with Crippen molar-refractivity contribution in [1.29, 1.82) is 0 Å². The number of fused-ring (bicyclic) bond motifs is 1. The molecule has 10 heteroatoms. The van der Waals surface area contributed by atoms with Crippen LogP contribution in [0.25, 0.3) is 10.8 Å². The molecular formula is C26H18Cl2N2O6. The Hall–Kier alpha value is -4.27. The van der Waals surface area contributed by atoms with Gasteiger partial charge in [0.15, 0.2) is 5.75 Å². The van der Waals surface area contributed by atoms with Crippen molar-refractivity contribution in [3.8, 4) is 17.2 Å². The first-order chi connectivity index (χ1) is 17.2. The highest BCUT2D eigenvalue weighted by Crippen LogP contribution is 2.39. The van der Waals surface area contributed by atoms with E-state index in [2.05, 4.69) is 10.6 Å². The van der Waals surface area contributed by atoms with Crippen LogP contribution in [0.1, 0.15) is 15.9 Å². The van der Waals surface area contributed by atoms with Gasteiger partial charge in [-0.2, -0.15) is 0 Å². The van der Waals surface area contributed by atoms with Crippen molar-refractivity contribution in [1.82, 2.24) is 5.32 Å². The third-order valence-electron chi connectivity index (χ3n) is 5.20. The van der Waals surface area contributed by atoms with Crippen LogP contribution in [-0.2, 0) is 16.1 Å². The molecule has 0 aliphatic heterocycles. The maximum absolute atomic E-state index is 12.8. The van der Waals surface area contributed by atoms with Crippen molar-refractivity contribution in [2.24, 2.45) is 0 Å². The Morgan fingerprint density at radius 1 is 0.889 bits per heavy atom. The number of aromatic hydroxyl groups is 1. The van der Waals surface area contributed by atoms with Crippen LogP contribution in [0.2, 0.25) is 10.0 Å². The number of carboxylic acid groups (broad SMARTS) is 1. The molecule has 4 aromatic rings. The van der Waals surface area contributed by atoms with Gasteiger partial charge in [-0.05, 0) is 46.7 Å². The average Bonchev–Trinajstić information content (AvgIpc) is 2.85. The fourth-order valence-corrected chi connectivity index (χ4v) is 4.07. The molecular weight excluding hydrogens is 507 g/mol. The smallest absolute Gasteiger partial charge is 0.394 e. The number of benzene rings is 4. The van der Waals surface area contributed by atoms with Crippen LogP contribution in [0.4, 0.5) is 5.69 Å². The number of halogens is 2. The van der Waals surface area contributed by atoms with E-state index >= 15 is 0 Å². The monoisotopic (exact) mass is 524 g/mol. The summed E-state index contributed by atoms with van der Waals surface area (Å²) in [5, 5.41) is 25.9. The zero-order chi connectivity index (χ0) is 25.8. The molecule has 36 heavy (non-hydrogen) atoms. The normalized spacial score (nSPS) is 10.6. The lowest BCUT2D eigenvalue weighted by molar-refractivity contribution is -0.147. The lowest BCUT2D eigenvalue weighted by Crippen LogP contribution is -2.23. The molecule has 0 spiro atoms. The first-order valence-electron chi connectivity index (χ1n) is 10.5. The second-order valence-electron chi connectivity index (χ2n) is 7.63. The number of phenolic OH excluding ortho intramolecular Hbond substituents is 1. The van der Waals surface area contributed by atoms with Crippen LogP contribution in [0.3, 0.4) is 0 Å². The maximum Gasteiger partial charge on any atom is 0.394 e. The molecule has 0 bridgehead atoms.